The van der Waals surface area contributed by atoms with Gasteiger partial charge in [0.15, 0.2) is 29.1 Å². The van der Waals surface area contributed by atoms with Crippen molar-refractivity contribution in [2.24, 2.45) is 0 Å². The van der Waals surface area contributed by atoms with E-state index in [1.165, 1.54) is 32.4 Å². The molecule has 0 saturated heterocycles. The number of rotatable bonds is 9. The highest BCUT2D eigenvalue weighted by atomic mass is 16.5. The third kappa shape index (κ3) is 5.13. The van der Waals surface area contributed by atoms with Crippen LogP contribution in [0, 0.1) is 0 Å². The summed E-state index contributed by atoms with van der Waals surface area (Å²) in [6, 6.07) is 9.53. The van der Waals surface area contributed by atoms with Gasteiger partial charge in [0.2, 0.25) is 0 Å². The van der Waals surface area contributed by atoms with Gasteiger partial charge >= 0.3 is 0 Å². The van der Waals surface area contributed by atoms with Crippen molar-refractivity contribution in [3.05, 3.63) is 53.6 Å². The fraction of sp³-hybridized carbons (Fsp3) is 0.300. The zero-order chi connectivity index (χ0) is 19.8. The van der Waals surface area contributed by atoms with Crippen LogP contribution in [0.5, 0.6) is 23.0 Å². The second kappa shape index (κ2) is 9.82. The molecule has 0 amide bonds. The van der Waals surface area contributed by atoms with Crippen LogP contribution in [-0.4, -0.2) is 54.0 Å². The van der Waals surface area contributed by atoms with Gasteiger partial charge in [0.05, 0.1) is 27.4 Å². The maximum atomic E-state index is 10.6. The van der Waals surface area contributed by atoms with Crippen molar-refractivity contribution in [1.29, 1.82) is 0 Å². The number of aliphatic hydroxyl groups is 3. The van der Waals surface area contributed by atoms with Crippen molar-refractivity contribution < 1.29 is 34.6 Å². The molecule has 7 nitrogen and oxygen atoms in total. The van der Waals surface area contributed by atoms with Gasteiger partial charge in [-0.25, -0.2) is 0 Å². The highest BCUT2D eigenvalue weighted by Crippen LogP contribution is 2.34. The number of aliphatic hydroxyl groups excluding tert-OH is 3. The smallest absolute Gasteiger partial charge is 0.161 e. The minimum atomic E-state index is -1.16. The molecular formula is C20H24O7. The Hall–Kier alpha value is -2.74. The van der Waals surface area contributed by atoms with Crippen LogP contribution in [-0.2, 0) is 0 Å². The number of phenols is 1. The SMILES string of the molecule is COc1cc([C@H](O)[C@@H](CO)Oc2ccc(C=CCO)cc2OC)ccc1O. The van der Waals surface area contributed by atoms with E-state index in [1.54, 1.807) is 30.4 Å². The summed E-state index contributed by atoms with van der Waals surface area (Å²) in [5.74, 6) is 0.926. The lowest BCUT2D eigenvalue weighted by Crippen LogP contribution is -2.29. The topological polar surface area (TPSA) is 109 Å². The average Bonchev–Trinajstić information content (AvgIpc) is 2.70. The third-order valence-electron chi connectivity index (χ3n) is 3.96. The molecule has 146 valence electrons. The number of phenolic OH excluding ortho intramolecular Hbond substituents is 1. The Morgan fingerprint density at radius 3 is 2.33 bits per heavy atom. The van der Waals surface area contributed by atoms with Gasteiger partial charge in [0.25, 0.3) is 0 Å². The Morgan fingerprint density at radius 1 is 0.963 bits per heavy atom. The van der Waals surface area contributed by atoms with Crippen LogP contribution < -0.4 is 14.2 Å². The highest BCUT2D eigenvalue weighted by Gasteiger charge is 2.24. The highest BCUT2D eigenvalue weighted by molar-refractivity contribution is 5.56. The maximum absolute atomic E-state index is 10.6. The minimum absolute atomic E-state index is 0.0527. The van der Waals surface area contributed by atoms with Gasteiger partial charge in [-0.3, -0.25) is 0 Å². The first-order valence-corrected chi connectivity index (χ1v) is 8.32. The van der Waals surface area contributed by atoms with Crippen molar-refractivity contribution in [3.63, 3.8) is 0 Å². The molecule has 0 aliphatic rings. The predicted molar refractivity (Wildman–Crippen MR) is 100 cm³/mol. The molecule has 0 spiro atoms. The summed E-state index contributed by atoms with van der Waals surface area (Å²) in [6.45, 7) is -0.519. The van der Waals surface area contributed by atoms with Crippen molar-refractivity contribution in [1.82, 2.24) is 0 Å². The first-order chi connectivity index (χ1) is 13.0. The number of benzene rings is 2. The molecule has 2 aromatic carbocycles. The van der Waals surface area contributed by atoms with E-state index >= 15 is 0 Å². The van der Waals surface area contributed by atoms with Gasteiger partial charge in [0, 0.05) is 0 Å². The second-order valence-corrected chi connectivity index (χ2v) is 5.71. The first-order valence-electron chi connectivity index (χ1n) is 8.32. The maximum Gasteiger partial charge on any atom is 0.161 e. The van der Waals surface area contributed by atoms with E-state index in [2.05, 4.69) is 0 Å². The summed E-state index contributed by atoms with van der Waals surface area (Å²) in [6.07, 6.45) is 1.19. The number of ether oxygens (including phenoxy) is 3. The monoisotopic (exact) mass is 376 g/mol. The van der Waals surface area contributed by atoms with Crippen LogP contribution in [0.15, 0.2) is 42.5 Å². The summed E-state index contributed by atoms with van der Waals surface area (Å²) >= 11 is 0. The standard InChI is InChI=1S/C20H24O7/c1-25-17-11-14(6-7-15(17)23)20(24)19(12-22)27-16-8-5-13(4-3-9-21)10-18(16)26-2/h3-8,10-11,19-24H,9,12H2,1-2H3/t19-,20+/m1/s1. The van der Waals surface area contributed by atoms with Gasteiger partial charge in [-0.15, -0.1) is 0 Å². The van der Waals surface area contributed by atoms with Gasteiger partial charge in [-0.1, -0.05) is 24.3 Å². The second-order valence-electron chi connectivity index (χ2n) is 5.71. The quantitative estimate of drug-likeness (QED) is 0.529. The Kier molecular flexibility index (Phi) is 7.48. The molecule has 2 aromatic rings. The summed E-state index contributed by atoms with van der Waals surface area (Å²) < 4.78 is 16.1. The van der Waals surface area contributed by atoms with Crippen molar-refractivity contribution in [3.8, 4) is 23.0 Å². The van der Waals surface area contributed by atoms with Crippen LogP contribution in [0.2, 0.25) is 0 Å². The Bertz CT molecular complexity index is 773. The number of aromatic hydroxyl groups is 1. The summed E-state index contributed by atoms with van der Waals surface area (Å²) in [5.41, 5.74) is 1.22. The molecule has 0 bridgehead atoms. The molecule has 2 rings (SSSR count). The largest absolute Gasteiger partial charge is 0.504 e. The average molecular weight is 376 g/mol. The number of hydrogen-bond acceptors (Lipinski definition) is 7. The molecule has 0 heterocycles. The summed E-state index contributed by atoms with van der Waals surface area (Å²) in [4.78, 5) is 0. The van der Waals surface area contributed by atoms with Crippen LogP contribution >= 0.6 is 0 Å². The number of hydrogen-bond donors (Lipinski definition) is 4. The zero-order valence-corrected chi connectivity index (χ0v) is 15.2. The van der Waals surface area contributed by atoms with E-state index in [0.29, 0.717) is 17.1 Å². The van der Waals surface area contributed by atoms with Crippen LogP contribution in [0.4, 0.5) is 0 Å². The molecule has 7 heteroatoms. The minimum Gasteiger partial charge on any atom is -0.504 e. The van der Waals surface area contributed by atoms with E-state index in [0.717, 1.165) is 5.56 Å². The lowest BCUT2D eigenvalue weighted by Gasteiger charge is -2.24. The molecule has 0 aliphatic heterocycles. The van der Waals surface area contributed by atoms with E-state index in [-0.39, 0.29) is 18.1 Å². The van der Waals surface area contributed by atoms with E-state index in [9.17, 15) is 15.3 Å². The molecule has 2 atom stereocenters. The summed E-state index contributed by atoms with van der Waals surface area (Å²) in [5, 5.41) is 38.8. The lowest BCUT2D eigenvalue weighted by molar-refractivity contribution is -0.000515. The Morgan fingerprint density at radius 2 is 1.70 bits per heavy atom. The van der Waals surface area contributed by atoms with Crippen LogP contribution in [0.1, 0.15) is 17.2 Å². The summed E-state index contributed by atoms with van der Waals surface area (Å²) in [7, 11) is 2.89. The molecule has 4 N–H and O–H groups in total. The lowest BCUT2D eigenvalue weighted by atomic mass is 10.0. The van der Waals surface area contributed by atoms with Crippen LogP contribution in [0.3, 0.4) is 0 Å². The first kappa shape index (κ1) is 20.6. The van der Waals surface area contributed by atoms with E-state index in [4.69, 9.17) is 19.3 Å². The molecule has 0 aliphatic carbocycles. The van der Waals surface area contributed by atoms with Crippen LogP contribution in [0.25, 0.3) is 6.08 Å². The van der Waals surface area contributed by atoms with Gasteiger partial charge in [-0.05, 0) is 35.4 Å². The van der Waals surface area contributed by atoms with Crippen molar-refractivity contribution in [2.45, 2.75) is 12.2 Å². The predicted octanol–water partition coefficient (Wildman–Crippen LogP) is 1.89. The van der Waals surface area contributed by atoms with E-state index in [1.807, 2.05) is 0 Å². The van der Waals surface area contributed by atoms with Crippen molar-refractivity contribution in [2.75, 3.05) is 27.4 Å². The zero-order valence-electron chi connectivity index (χ0n) is 15.2. The molecule has 27 heavy (non-hydrogen) atoms. The molecule has 0 fully saturated rings. The van der Waals surface area contributed by atoms with Crippen molar-refractivity contribution >= 4 is 6.08 Å². The normalized spacial score (nSPS) is 13.4. The molecule has 0 unspecified atom stereocenters. The fourth-order valence-corrected chi connectivity index (χ4v) is 2.53. The Balaban J connectivity index is 2.24. The molecule has 0 radical (unpaired) electrons. The van der Waals surface area contributed by atoms with Gasteiger partial charge < -0.3 is 34.6 Å². The van der Waals surface area contributed by atoms with E-state index < -0.39 is 18.8 Å². The number of methoxy groups -OCH3 is 2. The molecular weight excluding hydrogens is 352 g/mol. The van der Waals surface area contributed by atoms with Gasteiger partial charge in [0.1, 0.15) is 6.10 Å². The molecule has 0 saturated carbocycles. The molecule has 0 aromatic heterocycles. The fourth-order valence-electron chi connectivity index (χ4n) is 2.53. The Labute approximate surface area is 157 Å². The van der Waals surface area contributed by atoms with Gasteiger partial charge in [-0.2, -0.15) is 0 Å². The third-order valence-corrected chi connectivity index (χ3v) is 3.96.